The molecule has 0 unspecified atom stereocenters. The standard InChI is InChI=1S/C23H29BrN4O4/c1-16-20(15-26(2)25-16)23(30)28-7-6-21(32-19-5-3-4-18(24)13-19)17(14-28)12-22(29)27-8-10-31-11-9-27/h3-5,13,15,17,21H,6-12,14H2,1-2H3/t17-,21-/m0/s1. The Hall–Kier alpha value is -2.39. The molecule has 0 bridgehead atoms. The molecule has 0 N–H and O–H groups in total. The molecule has 3 heterocycles. The number of benzene rings is 1. The maximum atomic E-state index is 13.2. The first-order valence-electron chi connectivity index (χ1n) is 11.0. The van der Waals surface area contributed by atoms with E-state index >= 15 is 0 Å². The molecule has 32 heavy (non-hydrogen) atoms. The van der Waals surface area contributed by atoms with Gasteiger partial charge in [0, 0.05) is 62.7 Å². The molecule has 9 heteroatoms. The SMILES string of the molecule is Cc1nn(C)cc1C(=O)N1CC[C@H](Oc2cccc(Br)c2)[C@@H](CC(=O)N2CCOCC2)C1. The third kappa shape index (κ3) is 5.32. The van der Waals surface area contributed by atoms with Crippen LogP contribution in [0.15, 0.2) is 34.9 Å². The van der Waals surface area contributed by atoms with E-state index in [2.05, 4.69) is 21.0 Å². The van der Waals surface area contributed by atoms with Crippen LogP contribution in [0.25, 0.3) is 0 Å². The molecule has 2 fully saturated rings. The predicted molar refractivity (Wildman–Crippen MR) is 123 cm³/mol. The number of aromatic nitrogens is 2. The fraction of sp³-hybridized carbons (Fsp3) is 0.522. The summed E-state index contributed by atoms with van der Waals surface area (Å²) in [5.74, 6) is 0.711. The Morgan fingerprint density at radius 1 is 1.22 bits per heavy atom. The number of ether oxygens (including phenoxy) is 2. The number of aryl methyl sites for hydroxylation is 2. The van der Waals surface area contributed by atoms with Crippen molar-refractivity contribution in [1.82, 2.24) is 19.6 Å². The van der Waals surface area contributed by atoms with Crippen molar-refractivity contribution in [2.24, 2.45) is 13.0 Å². The first kappa shape index (κ1) is 22.8. The summed E-state index contributed by atoms with van der Waals surface area (Å²) in [5.41, 5.74) is 1.32. The zero-order valence-corrected chi connectivity index (χ0v) is 20.1. The lowest BCUT2D eigenvalue weighted by Gasteiger charge is -2.39. The molecule has 2 amide bonds. The van der Waals surface area contributed by atoms with Gasteiger partial charge < -0.3 is 19.3 Å². The summed E-state index contributed by atoms with van der Waals surface area (Å²) in [4.78, 5) is 29.9. The van der Waals surface area contributed by atoms with Crippen LogP contribution in [0.3, 0.4) is 0 Å². The van der Waals surface area contributed by atoms with Crippen LogP contribution < -0.4 is 4.74 Å². The Labute approximate surface area is 196 Å². The van der Waals surface area contributed by atoms with Gasteiger partial charge in [-0.05, 0) is 25.1 Å². The monoisotopic (exact) mass is 504 g/mol. The summed E-state index contributed by atoms with van der Waals surface area (Å²) in [6.07, 6.45) is 2.62. The number of halogens is 1. The predicted octanol–water partition coefficient (Wildman–Crippen LogP) is 2.65. The average molecular weight is 505 g/mol. The molecule has 172 valence electrons. The number of amides is 2. The highest BCUT2D eigenvalue weighted by Gasteiger charge is 2.36. The minimum atomic E-state index is -0.145. The lowest BCUT2D eigenvalue weighted by atomic mass is 9.90. The lowest BCUT2D eigenvalue weighted by Crippen LogP contribution is -2.50. The molecule has 0 radical (unpaired) electrons. The van der Waals surface area contributed by atoms with E-state index < -0.39 is 0 Å². The second-order valence-corrected chi connectivity index (χ2v) is 9.33. The molecule has 0 spiro atoms. The van der Waals surface area contributed by atoms with Crippen molar-refractivity contribution in [3.8, 4) is 5.75 Å². The molecule has 2 aliphatic heterocycles. The summed E-state index contributed by atoms with van der Waals surface area (Å²) in [7, 11) is 1.81. The summed E-state index contributed by atoms with van der Waals surface area (Å²) < 4.78 is 14.3. The number of piperidine rings is 1. The zero-order chi connectivity index (χ0) is 22.7. The summed E-state index contributed by atoms with van der Waals surface area (Å²) in [6, 6.07) is 7.72. The van der Waals surface area contributed by atoms with Crippen LogP contribution >= 0.6 is 15.9 Å². The lowest BCUT2D eigenvalue weighted by molar-refractivity contribution is -0.137. The first-order valence-corrected chi connectivity index (χ1v) is 11.8. The van der Waals surface area contributed by atoms with Crippen LogP contribution in [-0.4, -0.2) is 76.9 Å². The molecular weight excluding hydrogens is 476 g/mol. The quantitative estimate of drug-likeness (QED) is 0.625. The minimum Gasteiger partial charge on any atom is -0.490 e. The summed E-state index contributed by atoms with van der Waals surface area (Å²) >= 11 is 3.48. The maximum absolute atomic E-state index is 13.2. The van der Waals surface area contributed by atoms with E-state index in [0.717, 1.165) is 10.2 Å². The molecule has 8 nitrogen and oxygen atoms in total. The van der Waals surface area contributed by atoms with Crippen molar-refractivity contribution in [3.63, 3.8) is 0 Å². The fourth-order valence-corrected chi connectivity index (χ4v) is 4.79. The third-order valence-electron chi connectivity index (χ3n) is 6.08. The van der Waals surface area contributed by atoms with Gasteiger partial charge in [-0.15, -0.1) is 0 Å². The number of hydrogen-bond acceptors (Lipinski definition) is 5. The molecule has 4 rings (SSSR count). The Morgan fingerprint density at radius 2 is 2.00 bits per heavy atom. The van der Waals surface area contributed by atoms with Crippen molar-refractivity contribution in [2.75, 3.05) is 39.4 Å². The molecule has 2 aromatic rings. The Bertz CT molecular complexity index is 973. The van der Waals surface area contributed by atoms with Gasteiger partial charge in [-0.2, -0.15) is 5.10 Å². The van der Waals surface area contributed by atoms with E-state index in [1.165, 1.54) is 0 Å². The molecule has 1 aromatic heterocycles. The second-order valence-electron chi connectivity index (χ2n) is 8.41. The van der Waals surface area contributed by atoms with Crippen LogP contribution in [-0.2, 0) is 16.6 Å². The number of nitrogens with zero attached hydrogens (tertiary/aromatic N) is 4. The number of morpholine rings is 1. The van der Waals surface area contributed by atoms with E-state index in [9.17, 15) is 9.59 Å². The van der Waals surface area contributed by atoms with Crippen molar-refractivity contribution >= 4 is 27.7 Å². The highest BCUT2D eigenvalue weighted by Crippen LogP contribution is 2.29. The van der Waals surface area contributed by atoms with Crippen LogP contribution in [0.1, 0.15) is 28.9 Å². The number of likely N-dealkylation sites (tertiary alicyclic amines) is 1. The first-order chi connectivity index (χ1) is 15.4. The van der Waals surface area contributed by atoms with Gasteiger partial charge in [-0.1, -0.05) is 22.0 Å². The average Bonchev–Trinajstić information content (AvgIpc) is 3.13. The molecule has 2 aliphatic rings. The highest BCUT2D eigenvalue weighted by molar-refractivity contribution is 9.10. The van der Waals surface area contributed by atoms with Gasteiger partial charge in [0.2, 0.25) is 5.91 Å². The minimum absolute atomic E-state index is 0.0414. The van der Waals surface area contributed by atoms with Crippen molar-refractivity contribution < 1.29 is 19.1 Å². The summed E-state index contributed by atoms with van der Waals surface area (Å²) in [5, 5.41) is 4.30. The van der Waals surface area contributed by atoms with E-state index in [4.69, 9.17) is 9.47 Å². The van der Waals surface area contributed by atoms with Gasteiger partial charge in [0.15, 0.2) is 0 Å². The molecule has 1 aromatic carbocycles. The smallest absolute Gasteiger partial charge is 0.257 e. The molecule has 0 aliphatic carbocycles. The number of carbonyl (C=O) groups is 2. The van der Waals surface area contributed by atoms with E-state index in [1.807, 2.05) is 48.0 Å². The second kappa shape index (κ2) is 10.0. The van der Waals surface area contributed by atoms with Crippen molar-refractivity contribution in [3.05, 3.63) is 46.2 Å². The van der Waals surface area contributed by atoms with E-state index in [1.54, 1.807) is 10.9 Å². The summed E-state index contributed by atoms with van der Waals surface area (Å²) in [6.45, 7) is 5.25. The highest BCUT2D eigenvalue weighted by atomic mass is 79.9. The fourth-order valence-electron chi connectivity index (χ4n) is 4.41. The largest absolute Gasteiger partial charge is 0.490 e. The normalized spacial score (nSPS) is 21.5. The Kier molecular flexibility index (Phi) is 7.15. The van der Waals surface area contributed by atoms with E-state index in [-0.39, 0.29) is 23.8 Å². The van der Waals surface area contributed by atoms with Gasteiger partial charge in [0.25, 0.3) is 5.91 Å². The Morgan fingerprint density at radius 3 is 2.69 bits per heavy atom. The van der Waals surface area contributed by atoms with Crippen LogP contribution in [0.4, 0.5) is 0 Å². The molecular formula is C23H29BrN4O4. The van der Waals surface area contributed by atoms with Crippen LogP contribution in [0.2, 0.25) is 0 Å². The van der Waals surface area contributed by atoms with Gasteiger partial charge >= 0.3 is 0 Å². The maximum Gasteiger partial charge on any atom is 0.257 e. The van der Waals surface area contributed by atoms with Gasteiger partial charge in [-0.3, -0.25) is 14.3 Å². The van der Waals surface area contributed by atoms with Gasteiger partial charge in [0.05, 0.1) is 24.5 Å². The number of hydrogen-bond donors (Lipinski definition) is 0. The topological polar surface area (TPSA) is 76.9 Å². The van der Waals surface area contributed by atoms with Crippen molar-refractivity contribution in [1.29, 1.82) is 0 Å². The third-order valence-corrected chi connectivity index (χ3v) is 6.57. The van der Waals surface area contributed by atoms with E-state index in [0.29, 0.717) is 63.5 Å². The molecule has 2 atom stereocenters. The zero-order valence-electron chi connectivity index (χ0n) is 18.5. The van der Waals surface area contributed by atoms with Gasteiger partial charge in [-0.25, -0.2) is 0 Å². The van der Waals surface area contributed by atoms with Crippen molar-refractivity contribution in [2.45, 2.75) is 25.9 Å². The Balaban J connectivity index is 1.50. The van der Waals surface area contributed by atoms with Crippen LogP contribution in [0.5, 0.6) is 5.75 Å². The molecule has 0 saturated carbocycles. The number of carbonyl (C=O) groups excluding carboxylic acids is 2. The number of rotatable bonds is 5. The van der Waals surface area contributed by atoms with Crippen LogP contribution in [0, 0.1) is 12.8 Å². The van der Waals surface area contributed by atoms with Gasteiger partial charge in [0.1, 0.15) is 11.9 Å². The molecule has 2 saturated heterocycles.